The van der Waals surface area contributed by atoms with Crippen molar-refractivity contribution < 1.29 is 19.5 Å². The van der Waals surface area contributed by atoms with E-state index in [-0.39, 0.29) is 42.6 Å². The van der Waals surface area contributed by atoms with E-state index in [1.54, 1.807) is 23.1 Å². The quantitative estimate of drug-likeness (QED) is 0.351. The fourth-order valence-corrected chi connectivity index (χ4v) is 5.30. The van der Waals surface area contributed by atoms with E-state index < -0.39 is 5.97 Å². The lowest BCUT2D eigenvalue weighted by molar-refractivity contribution is -0.138. The summed E-state index contributed by atoms with van der Waals surface area (Å²) in [6, 6.07) is 12.7. The molecule has 0 atom stereocenters. The van der Waals surface area contributed by atoms with Crippen LogP contribution in [0, 0.1) is 5.41 Å². The molecule has 1 heterocycles. The van der Waals surface area contributed by atoms with E-state index in [4.69, 9.17) is 11.1 Å². The second-order valence-electron chi connectivity index (χ2n) is 9.72. The average Bonchev–Trinajstić information content (AvgIpc) is 2.90. The maximum atomic E-state index is 13.4. The van der Waals surface area contributed by atoms with Crippen molar-refractivity contribution in [3.63, 3.8) is 0 Å². The van der Waals surface area contributed by atoms with E-state index in [0.717, 1.165) is 61.8 Å². The Balaban J connectivity index is 0.00000380. The van der Waals surface area contributed by atoms with Crippen molar-refractivity contribution in [2.75, 3.05) is 18.0 Å². The summed E-state index contributed by atoms with van der Waals surface area (Å²) in [5.41, 5.74) is 9.44. The number of aliphatic carboxylic acids is 1. The SMILES string of the molecule is Cl.N=C(N)c1ccc(CCC(=O)N2CCCc3cc(C(=O)N(CC(=O)O)C4CCCCC4)ccc32)cc1. The van der Waals surface area contributed by atoms with Crippen molar-refractivity contribution in [3.05, 3.63) is 64.7 Å². The summed E-state index contributed by atoms with van der Waals surface area (Å²) in [5, 5.41) is 16.9. The minimum Gasteiger partial charge on any atom is -0.480 e. The van der Waals surface area contributed by atoms with E-state index in [9.17, 15) is 19.5 Å². The molecule has 198 valence electrons. The zero-order valence-electron chi connectivity index (χ0n) is 20.9. The third-order valence-electron chi connectivity index (χ3n) is 7.22. The van der Waals surface area contributed by atoms with E-state index in [1.807, 2.05) is 24.3 Å². The van der Waals surface area contributed by atoms with Crippen LogP contribution in [0.4, 0.5) is 5.69 Å². The third-order valence-corrected chi connectivity index (χ3v) is 7.22. The zero-order valence-corrected chi connectivity index (χ0v) is 21.8. The number of nitrogens with one attached hydrogen (secondary N) is 1. The molecule has 0 saturated heterocycles. The number of carboxylic acids is 1. The first kappa shape index (κ1) is 28.2. The third kappa shape index (κ3) is 6.89. The largest absolute Gasteiger partial charge is 0.480 e. The van der Waals surface area contributed by atoms with Crippen molar-refractivity contribution in [2.45, 2.75) is 63.8 Å². The van der Waals surface area contributed by atoms with Gasteiger partial charge in [-0.05, 0) is 61.4 Å². The van der Waals surface area contributed by atoms with Crippen LogP contribution in [0.15, 0.2) is 42.5 Å². The first-order valence-corrected chi connectivity index (χ1v) is 12.7. The van der Waals surface area contributed by atoms with Crippen LogP contribution >= 0.6 is 12.4 Å². The molecule has 2 aliphatic rings. The zero-order chi connectivity index (χ0) is 25.7. The number of anilines is 1. The topological polar surface area (TPSA) is 128 Å². The molecular weight excluding hydrogens is 492 g/mol. The van der Waals surface area contributed by atoms with Gasteiger partial charge in [-0.15, -0.1) is 12.4 Å². The molecule has 2 amide bonds. The molecule has 2 aromatic rings. The van der Waals surface area contributed by atoms with Gasteiger partial charge in [-0.2, -0.15) is 0 Å². The van der Waals surface area contributed by atoms with Crippen molar-refractivity contribution >= 4 is 41.7 Å². The van der Waals surface area contributed by atoms with Crippen LogP contribution < -0.4 is 10.6 Å². The van der Waals surface area contributed by atoms with Gasteiger partial charge in [0, 0.05) is 35.8 Å². The number of carbonyl (C=O) groups excluding carboxylic acids is 2. The van der Waals surface area contributed by atoms with Crippen LogP contribution in [0.25, 0.3) is 0 Å². The standard InChI is InChI=1S/C28H34N4O4.ClH/c29-27(30)20-11-8-19(9-12-20)10-15-25(33)31-16-4-5-21-17-22(13-14-24(21)31)28(36)32(18-26(34)35)23-6-2-1-3-7-23;/h8-9,11-14,17,23H,1-7,10,15-16,18H2,(H3,29,30)(H,34,35);1H. The van der Waals surface area contributed by atoms with Gasteiger partial charge in [0.1, 0.15) is 12.4 Å². The van der Waals surface area contributed by atoms with Gasteiger partial charge in [-0.1, -0.05) is 43.5 Å². The predicted octanol–water partition coefficient (Wildman–Crippen LogP) is 4.16. The molecule has 8 nitrogen and oxygen atoms in total. The maximum absolute atomic E-state index is 13.4. The molecule has 9 heteroatoms. The summed E-state index contributed by atoms with van der Waals surface area (Å²) in [4.78, 5) is 41.3. The summed E-state index contributed by atoms with van der Waals surface area (Å²) < 4.78 is 0. The summed E-state index contributed by atoms with van der Waals surface area (Å²) in [7, 11) is 0. The summed E-state index contributed by atoms with van der Waals surface area (Å²) >= 11 is 0. The van der Waals surface area contributed by atoms with E-state index in [1.165, 1.54) is 4.90 Å². The van der Waals surface area contributed by atoms with Gasteiger partial charge in [-0.25, -0.2) is 0 Å². The summed E-state index contributed by atoms with van der Waals surface area (Å²) in [6.45, 7) is 0.341. The number of rotatable bonds is 8. The van der Waals surface area contributed by atoms with E-state index >= 15 is 0 Å². The number of benzene rings is 2. The Labute approximate surface area is 223 Å². The minimum absolute atomic E-state index is 0. The van der Waals surface area contributed by atoms with Crippen molar-refractivity contribution in [2.24, 2.45) is 5.73 Å². The number of halogens is 1. The highest BCUT2D eigenvalue weighted by molar-refractivity contribution is 5.99. The van der Waals surface area contributed by atoms with Gasteiger partial charge < -0.3 is 20.6 Å². The molecule has 4 N–H and O–H groups in total. The Morgan fingerprint density at radius 3 is 2.32 bits per heavy atom. The average molecular weight is 527 g/mol. The number of carbonyl (C=O) groups is 3. The molecule has 1 fully saturated rings. The van der Waals surface area contributed by atoms with Gasteiger partial charge in [0.15, 0.2) is 0 Å². The highest BCUT2D eigenvalue weighted by atomic mass is 35.5. The first-order valence-electron chi connectivity index (χ1n) is 12.7. The lowest BCUT2D eigenvalue weighted by atomic mass is 9.93. The fourth-order valence-electron chi connectivity index (χ4n) is 5.30. The molecule has 37 heavy (non-hydrogen) atoms. The van der Waals surface area contributed by atoms with E-state index in [2.05, 4.69) is 0 Å². The number of aryl methyl sites for hydroxylation is 2. The smallest absolute Gasteiger partial charge is 0.323 e. The predicted molar refractivity (Wildman–Crippen MR) is 146 cm³/mol. The Morgan fingerprint density at radius 1 is 1.00 bits per heavy atom. The molecule has 1 saturated carbocycles. The van der Waals surface area contributed by atoms with Crippen LogP contribution in [0.3, 0.4) is 0 Å². The number of amidine groups is 1. The van der Waals surface area contributed by atoms with Gasteiger partial charge in [0.05, 0.1) is 0 Å². The Bertz CT molecular complexity index is 1150. The monoisotopic (exact) mass is 526 g/mol. The molecule has 1 aliphatic carbocycles. The molecule has 0 bridgehead atoms. The number of nitrogens with two attached hydrogens (primary N) is 1. The Morgan fingerprint density at radius 2 is 1.68 bits per heavy atom. The Kier molecular flexibility index (Phi) is 9.69. The van der Waals surface area contributed by atoms with Crippen LogP contribution in [-0.4, -0.2) is 52.8 Å². The highest BCUT2D eigenvalue weighted by Gasteiger charge is 2.29. The molecule has 0 aromatic heterocycles. The molecule has 0 spiro atoms. The molecule has 0 unspecified atom stereocenters. The summed E-state index contributed by atoms with van der Waals surface area (Å²) in [5.74, 6) is -1.20. The Hall–Kier alpha value is -3.39. The number of nitrogen functional groups attached to an aromatic ring is 1. The number of hydrogen-bond donors (Lipinski definition) is 3. The van der Waals surface area contributed by atoms with Crippen molar-refractivity contribution in [3.8, 4) is 0 Å². The van der Waals surface area contributed by atoms with Crippen molar-refractivity contribution in [1.82, 2.24) is 4.90 Å². The highest BCUT2D eigenvalue weighted by Crippen LogP contribution is 2.30. The number of carboxylic acid groups (broad SMARTS) is 1. The van der Waals surface area contributed by atoms with Gasteiger partial charge in [0.25, 0.3) is 5.91 Å². The first-order chi connectivity index (χ1) is 17.3. The van der Waals surface area contributed by atoms with Crippen LogP contribution in [-0.2, 0) is 22.4 Å². The van der Waals surface area contributed by atoms with Crippen LogP contribution in [0.2, 0.25) is 0 Å². The van der Waals surface area contributed by atoms with Gasteiger partial charge in [0.2, 0.25) is 5.91 Å². The van der Waals surface area contributed by atoms with Crippen LogP contribution in [0.1, 0.15) is 72.0 Å². The molecule has 4 rings (SSSR count). The van der Waals surface area contributed by atoms with E-state index in [0.29, 0.717) is 30.5 Å². The number of amides is 2. The number of fused-ring (bicyclic) bond motifs is 1. The van der Waals surface area contributed by atoms with Gasteiger partial charge >= 0.3 is 5.97 Å². The summed E-state index contributed by atoms with van der Waals surface area (Å²) in [6.07, 6.45) is 7.34. The number of hydrogen-bond acceptors (Lipinski definition) is 4. The molecule has 0 radical (unpaired) electrons. The molecule has 2 aromatic carbocycles. The van der Waals surface area contributed by atoms with Gasteiger partial charge in [-0.3, -0.25) is 19.8 Å². The normalized spacial score (nSPS) is 15.3. The number of nitrogens with zero attached hydrogens (tertiary/aromatic N) is 2. The lowest BCUT2D eigenvalue weighted by Gasteiger charge is -2.34. The molecular formula is C28H35ClN4O4. The second kappa shape index (κ2) is 12.7. The lowest BCUT2D eigenvalue weighted by Crippen LogP contribution is -2.44. The van der Waals surface area contributed by atoms with Crippen molar-refractivity contribution in [1.29, 1.82) is 5.41 Å². The molecule has 1 aliphatic heterocycles. The maximum Gasteiger partial charge on any atom is 0.323 e. The van der Waals surface area contributed by atoms with Crippen LogP contribution in [0.5, 0.6) is 0 Å². The second-order valence-corrected chi connectivity index (χ2v) is 9.72. The minimum atomic E-state index is -1.00. The fraction of sp³-hybridized carbons (Fsp3) is 0.429.